The van der Waals surface area contributed by atoms with Crippen LogP contribution in [0, 0.1) is 11.6 Å². The molecule has 0 radical (unpaired) electrons. The SMILES string of the molecule is CC1COc2c1ccc(F)c2F. The van der Waals surface area contributed by atoms with Crippen molar-refractivity contribution in [1.29, 1.82) is 0 Å². The molecule has 0 bridgehead atoms. The Hall–Kier alpha value is -1.12. The van der Waals surface area contributed by atoms with E-state index in [2.05, 4.69) is 0 Å². The second kappa shape index (κ2) is 2.44. The van der Waals surface area contributed by atoms with Crippen LogP contribution in [0.2, 0.25) is 0 Å². The molecule has 12 heavy (non-hydrogen) atoms. The van der Waals surface area contributed by atoms with Crippen molar-refractivity contribution in [3.63, 3.8) is 0 Å². The summed E-state index contributed by atoms with van der Waals surface area (Å²) in [6.45, 7) is 2.36. The molecular formula is C9H8F2O. The Morgan fingerprint density at radius 3 is 2.92 bits per heavy atom. The zero-order valence-corrected chi connectivity index (χ0v) is 6.60. The van der Waals surface area contributed by atoms with E-state index < -0.39 is 11.6 Å². The normalized spacial score (nSPS) is 20.4. The first kappa shape index (κ1) is 7.53. The third-order valence-corrected chi connectivity index (χ3v) is 2.09. The Balaban J connectivity index is 2.60. The van der Waals surface area contributed by atoms with Gasteiger partial charge in [-0.2, -0.15) is 4.39 Å². The van der Waals surface area contributed by atoms with E-state index in [0.29, 0.717) is 6.61 Å². The van der Waals surface area contributed by atoms with Gasteiger partial charge < -0.3 is 4.74 Å². The summed E-state index contributed by atoms with van der Waals surface area (Å²) < 4.78 is 30.6. The minimum absolute atomic E-state index is 0.0856. The van der Waals surface area contributed by atoms with Crippen molar-refractivity contribution in [3.8, 4) is 5.75 Å². The van der Waals surface area contributed by atoms with Crippen molar-refractivity contribution < 1.29 is 13.5 Å². The van der Waals surface area contributed by atoms with Gasteiger partial charge >= 0.3 is 0 Å². The van der Waals surface area contributed by atoms with E-state index in [9.17, 15) is 8.78 Å². The van der Waals surface area contributed by atoms with Gasteiger partial charge in [0.05, 0.1) is 6.61 Å². The third kappa shape index (κ3) is 0.891. The summed E-state index contributed by atoms with van der Waals surface area (Å²) in [4.78, 5) is 0. The topological polar surface area (TPSA) is 9.23 Å². The van der Waals surface area contributed by atoms with E-state index in [1.54, 1.807) is 6.07 Å². The summed E-state index contributed by atoms with van der Waals surface area (Å²) in [5.41, 5.74) is 0.758. The van der Waals surface area contributed by atoms with Gasteiger partial charge in [0, 0.05) is 11.5 Å². The first-order valence-electron chi connectivity index (χ1n) is 3.81. The van der Waals surface area contributed by atoms with Gasteiger partial charge in [-0.1, -0.05) is 13.0 Å². The van der Waals surface area contributed by atoms with Crippen LogP contribution in [0.5, 0.6) is 5.75 Å². The molecule has 1 aromatic carbocycles. The lowest BCUT2D eigenvalue weighted by Crippen LogP contribution is -1.93. The van der Waals surface area contributed by atoms with Gasteiger partial charge in [0.1, 0.15) is 0 Å². The summed E-state index contributed by atoms with van der Waals surface area (Å²) in [7, 11) is 0. The molecule has 0 aliphatic carbocycles. The molecule has 1 aliphatic heterocycles. The fraction of sp³-hybridized carbons (Fsp3) is 0.333. The molecule has 0 saturated heterocycles. The minimum Gasteiger partial charge on any atom is -0.489 e. The van der Waals surface area contributed by atoms with Crippen LogP contribution in [0.3, 0.4) is 0 Å². The van der Waals surface area contributed by atoms with Crippen LogP contribution in [0.1, 0.15) is 18.4 Å². The number of rotatable bonds is 0. The summed E-state index contributed by atoms with van der Waals surface area (Å²) in [6.07, 6.45) is 0. The highest BCUT2D eigenvalue weighted by atomic mass is 19.2. The predicted molar refractivity (Wildman–Crippen MR) is 40.3 cm³/mol. The van der Waals surface area contributed by atoms with Crippen molar-refractivity contribution in [3.05, 3.63) is 29.3 Å². The number of fused-ring (bicyclic) bond motifs is 1. The van der Waals surface area contributed by atoms with E-state index in [-0.39, 0.29) is 11.7 Å². The van der Waals surface area contributed by atoms with Gasteiger partial charge in [-0.15, -0.1) is 0 Å². The second-order valence-corrected chi connectivity index (χ2v) is 2.99. The Morgan fingerprint density at radius 2 is 2.17 bits per heavy atom. The zero-order valence-electron chi connectivity index (χ0n) is 6.60. The molecule has 0 N–H and O–H groups in total. The van der Waals surface area contributed by atoms with Gasteiger partial charge in [-0.25, -0.2) is 4.39 Å². The lowest BCUT2D eigenvalue weighted by atomic mass is 10.0. The summed E-state index contributed by atoms with van der Waals surface area (Å²) >= 11 is 0. The molecule has 0 fully saturated rings. The van der Waals surface area contributed by atoms with E-state index in [1.807, 2.05) is 6.92 Å². The molecule has 1 heterocycles. The number of halogens is 2. The second-order valence-electron chi connectivity index (χ2n) is 2.99. The molecule has 2 rings (SSSR count). The first-order valence-corrected chi connectivity index (χ1v) is 3.81. The molecule has 1 aromatic rings. The molecule has 1 aliphatic rings. The monoisotopic (exact) mass is 170 g/mol. The lowest BCUT2D eigenvalue weighted by Gasteiger charge is -2.00. The fourth-order valence-electron chi connectivity index (χ4n) is 1.38. The highest BCUT2D eigenvalue weighted by Gasteiger charge is 2.25. The maximum absolute atomic E-state index is 13.0. The van der Waals surface area contributed by atoms with Gasteiger partial charge in [0.25, 0.3) is 0 Å². The largest absolute Gasteiger partial charge is 0.489 e. The molecule has 0 amide bonds. The lowest BCUT2D eigenvalue weighted by molar-refractivity contribution is 0.317. The molecule has 3 heteroatoms. The first-order chi connectivity index (χ1) is 5.70. The third-order valence-electron chi connectivity index (χ3n) is 2.09. The number of hydrogen-bond donors (Lipinski definition) is 0. The number of ether oxygens (including phenoxy) is 1. The Bertz CT molecular complexity index is 323. The summed E-state index contributed by atoms with van der Waals surface area (Å²) in [6, 6.07) is 2.71. The van der Waals surface area contributed by atoms with Crippen LogP contribution in [-0.2, 0) is 0 Å². The number of hydrogen-bond acceptors (Lipinski definition) is 1. The summed E-state index contributed by atoms with van der Waals surface area (Å²) in [5.74, 6) is -1.46. The molecule has 0 spiro atoms. The van der Waals surface area contributed by atoms with Gasteiger partial charge in [-0.3, -0.25) is 0 Å². The maximum atomic E-state index is 13.0. The highest BCUT2D eigenvalue weighted by Crippen LogP contribution is 2.36. The Kier molecular flexibility index (Phi) is 1.53. The zero-order chi connectivity index (χ0) is 8.72. The standard InChI is InChI=1S/C9H8F2O/c1-5-4-12-9-6(5)2-3-7(10)8(9)11/h2-3,5H,4H2,1H3. The van der Waals surface area contributed by atoms with Crippen LogP contribution in [-0.4, -0.2) is 6.61 Å². The predicted octanol–water partition coefficient (Wildman–Crippen LogP) is 2.46. The Labute approximate surface area is 69.0 Å². The van der Waals surface area contributed by atoms with Crippen LogP contribution in [0.4, 0.5) is 8.78 Å². The molecular weight excluding hydrogens is 162 g/mol. The van der Waals surface area contributed by atoms with Crippen molar-refractivity contribution >= 4 is 0 Å². The van der Waals surface area contributed by atoms with Gasteiger partial charge in [-0.05, 0) is 6.07 Å². The van der Waals surface area contributed by atoms with Crippen LogP contribution >= 0.6 is 0 Å². The number of benzene rings is 1. The van der Waals surface area contributed by atoms with E-state index >= 15 is 0 Å². The van der Waals surface area contributed by atoms with Crippen molar-refractivity contribution in [2.75, 3.05) is 6.61 Å². The maximum Gasteiger partial charge on any atom is 0.200 e. The quantitative estimate of drug-likeness (QED) is 0.581. The average molecular weight is 170 g/mol. The van der Waals surface area contributed by atoms with Gasteiger partial charge in [0.2, 0.25) is 5.82 Å². The van der Waals surface area contributed by atoms with E-state index in [1.165, 1.54) is 0 Å². The fourth-order valence-corrected chi connectivity index (χ4v) is 1.38. The van der Waals surface area contributed by atoms with Gasteiger partial charge in [0.15, 0.2) is 11.6 Å². The highest BCUT2D eigenvalue weighted by molar-refractivity contribution is 5.41. The minimum atomic E-state index is -0.864. The van der Waals surface area contributed by atoms with Crippen LogP contribution in [0.25, 0.3) is 0 Å². The molecule has 1 atom stereocenters. The smallest absolute Gasteiger partial charge is 0.200 e. The molecule has 1 unspecified atom stereocenters. The van der Waals surface area contributed by atoms with E-state index in [0.717, 1.165) is 11.6 Å². The molecule has 0 saturated carbocycles. The Morgan fingerprint density at radius 1 is 1.42 bits per heavy atom. The van der Waals surface area contributed by atoms with Crippen molar-refractivity contribution in [2.24, 2.45) is 0 Å². The van der Waals surface area contributed by atoms with Crippen molar-refractivity contribution in [2.45, 2.75) is 12.8 Å². The van der Waals surface area contributed by atoms with Crippen LogP contribution < -0.4 is 4.74 Å². The average Bonchev–Trinajstić information content (AvgIpc) is 2.41. The summed E-state index contributed by atoms with van der Waals surface area (Å²) in [5, 5.41) is 0. The van der Waals surface area contributed by atoms with E-state index in [4.69, 9.17) is 4.74 Å². The molecule has 0 aromatic heterocycles. The molecule has 64 valence electrons. The molecule has 1 nitrogen and oxygen atoms in total. The van der Waals surface area contributed by atoms with Crippen molar-refractivity contribution in [1.82, 2.24) is 0 Å². The van der Waals surface area contributed by atoms with Crippen LogP contribution in [0.15, 0.2) is 12.1 Å².